The van der Waals surface area contributed by atoms with Crippen molar-refractivity contribution in [2.75, 3.05) is 27.4 Å². The molecule has 4 heteroatoms. The Morgan fingerprint density at radius 2 is 1.38 bits per heavy atom. The molecule has 0 unspecified atom stereocenters. The van der Waals surface area contributed by atoms with Gasteiger partial charge in [-0.05, 0) is 0 Å². The molecule has 0 aliphatic rings. The maximum absolute atomic E-state index is 4.76. The number of rotatable bonds is 3. The van der Waals surface area contributed by atoms with E-state index in [1.54, 1.807) is 14.2 Å². The summed E-state index contributed by atoms with van der Waals surface area (Å²) in [6, 6.07) is 0. The summed E-state index contributed by atoms with van der Waals surface area (Å²) in [6.45, 7) is 1.38. The molecule has 0 atom stereocenters. The fourth-order valence-electron chi connectivity index (χ4n) is 0.167. The molecule has 8 heavy (non-hydrogen) atoms. The summed E-state index contributed by atoms with van der Waals surface area (Å²) < 4.78 is 9.31. The van der Waals surface area contributed by atoms with E-state index in [-0.39, 0.29) is 0 Å². The van der Waals surface area contributed by atoms with E-state index in [0.717, 1.165) is 17.3 Å². The quantitative estimate of drug-likeness (QED) is 0.488. The molecule has 47 valence electrons. The Bertz CT molecular complexity index is 26.0. The van der Waals surface area contributed by atoms with Crippen LogP contribution in [-0.2, 0) is 26.8 Å². The summed E-state index contributed by atoms with van der Waals surface area (Å²) in [5.74, 6) is 0. The minimum absolute atomic E-state index is 0.691. The van der Waals surface area contributed by atoms with Gasteiger partial charge in [-0.1, -0.05) is 0 Å². The van der Waals surface area contributed by atoms with Crippen LogP contribution in [0.2, 0.25) is 0 Å². The van der Waals surface area contributed by atoms with Crippen LogP contribution in [0.4, 0.5) is 0 Å². The average molecular weight is 191 g/mol. The molecule has 0 bridgehead atoms. The van der Waals surface area contributed by atoms with Gasteiger partial charge in [-0.2, -0.15) is 0 Å². The van der Waals surface area contributed by atoms with Crippen LogP contribution in [0.25, 0.3) is 0 Å². The SMILES string of the molecule is COCCOC.[Cl][Zn]. The van der Waals surface area contributed by atoms with Crippen LogP contribution < -0.4 is 0 Å². The molecule has 0 saturated heterocycles. The Kier molecular flexibility index (Phi) is 22.7. The zero-order chi connectivity index (χ0) is 6.83. The molecule has 0 aromatic rings. The van der Waals surface area contributed by atoms with Gasteiger partial charge in [0.1, 0.15) is 0 Å². The van der Waals surface area contributed by atoms with Gasteiger partial charge in [0, 0.05) is 14.2 Å². The van der Waals surface area contributed by atoms with Crippen molar-refractivity contribution in [1.82, 2.24) is 0 Å². The molecular formula is C4H10ClO2Zn. The molecule has 2 nitrogen and oxygen atoms in total. The van der Waals surface area contributed by atoms with Crippen molar-refractivity contribution in [2.45, 2.75) is 0 Å². The fraction of sp³-hybridized carbons (Fsp3) is 1.00. The molecular weight excluding hydrogens is 181 g/mol. The van der Waals surface area contributed by atoms with Crippen LogP contribution in [0.1, 0.15) is 0 Å². The molecule has 0 saturated carbocycles. The summed E-state index contributed by atoms with van der Waals surface area (Å²) in [6.07, 6.45) is 0. The molecule has 0 amide bonds. The van der Waals surface area contributed by atoms with Gasteiger partial charge < -0.3 is 9.47 Å². The minimum atomic E-state index is 0.691. The van der Waals surface area contributed by atoms with Gasteiger partial charge in [0.15, 0.2) is 0 Å². The summed E-state index contributed by atoms with van der Waals surface area (Å²) in [7, 11) is 8.07. The predicted octanol–water partition coefficient (Wildman–Crippen LogP) is 0.966. The molecule has 0 rings (SSSR count). The van der Waals surface area contributed by atoms with E-state index in [9.17, 15) is 0 Å². The summed E-state index contributed by atoms with van der Waals surface area (Å²) in [5, 5.41) is 0. The average Bonchev–Trinajstić information content (AvgIpc) is 1.88. The first-order valence-electron chi connectivity index (χ1n) is 2.16. The van der Waals surface area contributed by atoms with Crippen LogP contribution >= 0.6 is 9.69 Å². The van der Waals surface area contributed by atoms with Gasteiger partial charge in [-0.3, -0.25) is 0 Å². The Balaban J connectivity index is 0. The number of halogens is 1. The molecule has 0 aromatic heterocycles. The number of hydrogen-bond acceptors (Lipinski definition) is 2. The van der Waals surface area contributed by atoms with Crippen LogP contribution in [0.15, 0.2) is 0 Å². The predicted molar refractivity (Wildman–Crippen MR) is 29.6 cm³/mol. The Labute approximate surface area is 64.2 Å². The fourth-order valence-corrected chi connectivity index (χ4v) is 0.167. The van der Waals surface area contributed by atoms with Crippen LogP contribution in [0.3, 0.4) is 0 Å². The third kappa shape index (κ3) is 15.8. The number of ether oxygens (including phenoxy) is 2. The summed E-state index contributed by atoms with van der Waals surface area (Å²) >= 11 is 0.847. The van der Waals surface area contributed by atoms with E-state index in [4.69, 9.17) is 9.69 Å². The van der Waals surface area contributed by atoms with Gasteiger partial charge >= 0.3 is 27.0 Å². The van der Waals surface area contributed by atoms with Gasteiger partial charge in [0.2, 0.25) is 0 Å². The third-order valence-electron chi connectivity index (χ3n) is 0.492. The van der Waals surface area contributed by atoms with Crippen molar-refractivity contribution in [3.8, 4) is 0 Å². The first-order chi connectivity index (χ1) is 3.91. The monoisotopic (exact) mass is 189 g/mol. The third-order valence-corrected chi connectivity index (χ3v) is 0.492. The van der Waals surface area contributed by atoms with Crippen molar-refractivity contribution < 1.29 is 26.8 Å². The molecule has 0 heterocycles. The van der Waals surface area contributed by atoms with E-state index < -0.39 is 0 Å². The zero-order valence-corrected chi connectivity index (χ0v) is 9.04. The number of methoxy groups -OCH3 is 2. The second kappa shape index (κ2) is 15.7. The van der Waals surface area contributed by atoms with Gasteiger partial charge in [-0.25, -0.2) is 0 Å². The van der Waals surface area contributed by atoms with E-state index in [2.05, 4.69) is 9.47 Å². The Morgan fingerprint density at radius 1 is 1.12 bits per heavy atom. The van der Waals surface area contributed by atoms with Crippen LogP contribution in [0, 0.1) is 0 Å². The Morgan fingerprint density at radius 3 is 1.50 bits per heavy atom. The molecule has 0 aliphatic heterocycles. The van der Waals surface area contributed by atoms with Gasteiger partial charge in [0.05, 0.1) is 13.2 Å². The second-order valence-corrected chi connectivity index (χ2v) is 0.986. The molecule has 0 N–H and O–H groups in total. The first kappa shape index (κ1) is 11.6. The molecule has 0 spiro atoms. The van der Waals surface area contributed by atoms with Crippen LogP contribution in [-0.4, -0.2) is 27.4 Å². The van der Waals surface area contributed by atoms with Crippen molar-refractivity contribution in [1.29, 1.82) is 0 Å². The molecule has 0 aliphatic carbocycles. The van der Waals surface area contributed by atoms with Gasteiger partial charge in [0.25, 0.3) is 0 Å². The van der Waals surface area contributed by atoms with Crippen molar-refractivity contribution in [3.63, 3.8) is 0 Å². The van der Waals surface area contributed by atoms with E-state index in [1.165, 1.54) is 0 Å². The van der Waals surface area contributed by atoms with Gasteiger partial charge in [-0.15, -0.1) is 0 Å². The maximum atomic E-state index is 4.76. The normalized spacial score (nSPS) is 7.62. The second-order valence-electron chi connectivity index (χ2n) is 0.986. The molecule has 0 aromatic carbocycles. The Hall–Kier alpha value is 0.833. The van der Waals surface area contributed by atoms with Crippen LogP contribution in [0.5, 0.6) is 0 Å². The molecule has 0 radical (unpaired) electrons. The summed E-state index contributed by atoms with van der Waals surface area (Å²) in [5.41, 5.74) is 0. The summed E-state index contributed by atoms with van der Waals surface area (Å²) in [4.78, 5) is 0. The topological polar surface area (TPSA) is 18.5 Å². The number of hydrogen-bond donors (Lipinski definition) is 0. The first-order valence-corrected chi connectivity index (χ1v) is 6.06. The zero-order valence-electron chi connectivity index (χ0n) is 5.32. The van der Waals surface area contributed by atoms with Crippen molar-refractivity contribution >= 4 is 9.69 Å². The van der Waals surface area contributed by atoms with Crippen molar-refractivity contribution in [3.05, 3.63) is 0 Å². The standard InChI is InChI=1S/C4H10O2.ClH.Zn/c1-5-3-4-6-2;;/h3-4H2,1-2H3;1H;/q;;+1/p-1. The van der Waals surface area contributed by atoms with E-state index >= 15 is 0 Å². The molecule has 0 fully saturated rings. The van der Waals surface area contributed by atoms with E-state index in [0.29, 0.717) is 13.2 Å². The van der Waals surface area contributed by atoms with Crippen molar-refractivity contribution in [2.24, 2.45) is 0 Å². The van der Waals surface area contributed by atoms with E-state index in [1.807, 2.05) is 0 Å².